The van der Waals surface area contributed by atoms with Crippen LogP contribution >= 0.6 is 15.9 Å². The number of nitrogens with zero attached hydrogens (tertiary/aromatic N) is 4. The highest BCUT2D eigenvalue weighted by Gasteiger charge is 2.38. The Morgan fingerprint density at radius 1 is 1.18 bits per heavy atom. The van der Waals surface area contributed by atoms with Crippen LogP contribution in [0.15, 0.2) is 35.1 Å². The number of carboxylic acid groups (broad SMARTS) is 1. The number of nitrogens with two attached hydrogens (primary N) is 1. The van der Waals surface area contributed by atoms with Gasteiger partial charge in [0.25, 0.3) is 5.91 Å². The third kappa shape index (κ3) is 6.26. The number of carbonyl (C=O) groups is 2. The fourth-order valence-electron chi connectivity index (χ4n) is 3.50. The maximum Gasteiger partial charge on any atom is 0.490 e. The minimum atomic E-state index is -5.08. The predicted octanol–water partition coefficient (Wildman–Crippen LogP) is 3.40. The normalized spacial score (nSPS) is 18.2. The zero-order valence-corrected chi connectivity index (χ0v) is 19.6. The van der Waals surface area contributed by atoms with Gasteiger partial charge in [0, 0.05) is 25.3 Å². The van der Waals surface area contributed by atoms with Gasteiger partial charge in [-0.05, 0) is 53.0 Å². The highest BCUT2D eigenvalue weighted by molar-refractivity contribution is 9.10. The van der Waals surface area contributed by atoms with E-state index in [0.29, 0.717) is 16.0 Å². The standard InChI is InChI=1S/C18H22BrN7O.C2HF3O2/c1-25-10-14(17(19)24-25)22-18(27)15-8-6-11-7-9-16(23-26(11)15)21-13-5-3-2-4-12(13)20;3-2(4,5)1(6)7/h6-10,12-13H,2-5,20H2,1H3,(H,21,23)(H,22,27);(H,6,7)/t12-,13+;/m0./s1. The van der Waals surface area contributed by atoms with E-state index in [4.69, 9.17) is 15.6 Å². The van der Waals surface area contributed by atoms with Gasteiger partial charge in [-0.3, -0.25) is 9.48 Å². The summed E-state index contributed by atoms with van der Waals surface area (Å²) in [6.45, 7) is 0. The molecule has 3 aromatic heterocycles. The van der Waals surface area contributed by atoms with Gasteiger partial charge in [-0.15, -0.1) is 5.10 Å². The first-order valence-corrected chi connectivity index (χ1v) is 11.1. The molecular formula is C20H23BrF3N7O3. The number of aryl methyl sites for hydroxylation is 1. The molecule has 1 saturated carbocycles. The van der Waals surface area contributed by atoms with Crippen LogP contribution in [-0.4, -0.2) is 54.6 Å². The molecule has 4 rings (SSSR count). The molecule has 34 heavy (non-hydrogen) atoms. The van der Waals surface area contributed by atoms with Crippen molar-refractivity contribution in [3.8, 4) is 0 Å². The molecule has 0 bridgehead atoms. The van der Waals surface area contributed by atoms with Crippen LogP contribution in [0, 0.1) is 0 Å². The Bertz CT molecular complexity index is 1180. The summed E-state index contributed by atoms with van der Waals surface area (Å²) in [4.78, 5) is 21.6. The fraction of sp³-hybridized carbons (Fsp3) is 0.400. The van der Waals surface area contributed by atoms with Gasteiger partial charge in [0.2, 0.25) is 0 Å². The van der Waals surface area contributed by atoms with Crippen LogP contribution in [0.1, 0.15) is 36.2 Å². The van der Waals surface area contributed by atoms with Crippen molar-refractivity contribution >= 4 is 44.8 Å². The quantitative estimate of drug-likeness (QED) is 0.394. The molecule has 3 aromatic rings. The van der Waals surface area contributed by atoms with E-state index >= 15 is 0 Å². The first-order chi connectivity index (χ1) is 16.0. The number of anilines is 2. The molecule has 2 atom stereocenters. The molecule has 0 aromatic carbocycles. The Kier molecular flexibility index (Phi) is 7.82. The minimum absolute atomic E-state index is 0.131. The number of hydrogen-bond donors (Lipinski definition) is 4. The number of nitrogens with one attached hydrogen (secondary N) is 2. The van der Waals surface area contributed by atoms with Crippen LogP contribution in [0.4, 0.5) is 24.7 Å². The summed E-state index contributed by atoms with van der Waals surface area (Å²) in [5, 5.41) is 22.2. The third-order valence-corrected chi connectivity index (χ3v) is 5.75. The molecule has 14 heteroatoms. The van der Waals surface area contributed by atoms with Crippen LogP contribution in [0.3, 0.4) is 0 Å². The molecule has 0 saturated heterocycles. The number of fused-ring (bicyclic) bond motifs is 1. The molecule has 0 spiro atoms. The van der Waals surface area contributed by atoms with E-state index in [9.17, 15) is 18.0 Å². The van der Waals surface area contributed by atoms with Gasteiger partial charge in [0.05, 0.1) is 11.2 Å². The minimum Gasteiger partial charge on any atom is -0.475 e. The van der Waals surface area contributed by atoms with E-state index in [1.54, 1.807) is 28.5 Å². The molecule has 1 aliphatic carbocycles. The average molecular weight is 546 g/mol. The number of aliphatic carboxylic acids is 1. The summed E-state index contributed by atoms with van der Waals surface area (Å²) in [6, 6.07) is 7.85. The number of carboxylic acids is 1. The van der Waals surface area contributed by atoms with E-state index in [0.717, 1.165) is 24.2 Å². The number of halogens is 4. The van der Waals surface area contributed by atoms with Gasteiger partial charge in [-0.1, -0.05) is 12.8 Å². The maximum absolute atomic E-state index is 12.7. The molecule has 1 amide bonds. The predicted molar refractivity (Wildman–Crippen MR) is 122 cm³/mol. The summed E-state index contributed by atoms with van der Waals surface area (Å²) in [5.41, 5.74) is 8.14. The smallest absolute Gasteiger partial charge is 0.475 e. The lowest BCUT2D eigenvalue weighted by atomic mass is 9.91. The molecule has 1 fully saturated rings. The maximum atomic E-state index is 12.7. The van der Waals surface area contributed by atoms with Crippen molar-refractivity contribution in [2.45, 2.75) is 43.9 Å². The van der Waals surface area contributed by atoms with E-state index in [2.05, 4.69) is 36.8 Å². The van der Waals surface area contributed by atoms with Gasteiger partial charge in [0.15, 0.2) is 4.60 Å². The Balaban J connectivity index is 0.000000406. The van der Waals surface area contributed by atoms with E-state index in [1.807, 2.05) is 18.2 Å². The van der Waals surface area contributed by atoms with Crippen molar-refractivity contribution in [1.82, 2.24) is 19.4 Å². The van der Waals surface area contributed by atoms with Crippen LogP contribution in [-0.2, 0) is 11.8 Å². The number of aromatic nitrogens is 4. The van der Waals surface area contributed by atoms with Crippen LogP contribution in [0.5, 0.6) is 0 Å². The van der Waals surface area contributed by atoms with Gasteiger partial charge < -0.3 is 21.5 Å². The van der Waals surface area contributed by atoms with Crippen molar-refractivity contribution in [3.05, 3.63) is 40.8 Å². The third-order valence-electron chi connectivity index (χ3n) is 5.16. The molecule has 0 aliphatic heterocycles. The van der Waals surface area contributed by atoms with Crippen LogP contribution < -0.4 is 16.4 Å². The second-order valence-electron chi connectivity index (χ2n) is 7.74. The van der Waals surface area contributed by atoms with Crippen molar-refractivity contribution in [2.24, 2.45) is 12.8 Å². The molecule has 10 nitrogen and oxygen atoms in total. The highest BCUT2D eigenvalue weighted by Crippen LogP contribution is 2.23. The van der Waals surface area contributed by atoms with Crippen molar-refractivity contribution in [1.29, 1.82) is 0 Å². The first kappa shape index (κ1) is 25.5. The fourth-order valence-corrected chi connectivity index (χ4v) is 3.95. The molecule has 184 valence electrons. The second-order valence-corrected chi connectivity index (χ2v) is 8.49. The van der Waals surface area contributed by atoms with Crippen LogP contribution in [0.25, 0.3) is 5.52 Å². The summed E-state index contributed by atoms with van der Waals surface area (Å²) >= 11 is 3.34. The van der Waals surface area contributed by atoms with Crippen molar-refractivity contribution < 1.29 is 27.9 Å². The average Bonchev–Trinajstić information content (AvgIpc) is 3.31. The zero-order valence-electron chi connectivity index (χ0n) is 18.0. The Morgan fingerprint density at radius 2 is 1.82 bits per heavy atom. The number of rotatable bonds is 4. The van der Waals surface area contributed by atoms with Gasteiger partial charge in [-0.25, -0.2) is 9.31 Å². The number of carbonyl (C=O) groups excluding carboxylic acids is 1. The largest absolute Gasteiger partial charge is 0.490 e. The van der Waals surface area contributed by atoms with E-state index < -0.39 is 12.1 Å². The van der Waals surface area contributed by atoms with Gasteiger partial charge in [-0.2, -0.15) is 18.3 Å². The monoisotopic (exact) mass is 545 g/mol. The SMILES string of the molecule is Cn1cc(NC(=O)c2ccc3ccc(N[C@@H]4CCCC[C@@H]4N)nn23)c(Br)n1.O=C(O)C(F)(F)F. The number of alkyl halides is 3. The Morgan fingerprint density at radius 3 is 2.41 bits per heavy atom. The first-order valence-electron chi connectivity index (χ1n) is 10.3. The van der Waals surface area contributed by atoms with Gasteiger partial charge >= 0.3 is 12.1 Å². The van der Waals surface area contributed by atoms with E-state index in [1.165, 1.54) is 12.8 Å². The summed E-state index contributed by atoms with van der Waals surface area (Å²) < 4.78 is 35.6. The molecule has 3 heterocycles. The molecule has 5 N–H and O–H groups in total. The van der Waals surface area contributed by atoms with Crippen molar-refractivity contribution in [3.63, 3.8) is 0 Å². The lowest BCUT2D eigenvalue weighted by molar-refractivity contribution is -0.192. The van der Waals surface area contributed by atoms with Gasteiger partial charge in [0.1, 0.15) is 11.5 Å². The second kappa shape index (κ2) is 10.4. The number of amides is 1. The van der Waals surface area contributed by atoms with Crippen molar-refractivity contribution in [2.75, 3.05) is 10.6 Å². The summed E-state index contributed by atoms with van der Waals surface area (Å²) in [6.07, 6.45) is 1.07. The molecule has 0 unspecified atom stereocenters. The topological polar surface area (TPSA) is 140 Å². The molecular weight excluding hydrogens is 523 g/mol. The lowest BCUT2D eigenvalue weighted by Crippen LogP contribution is -2.42. The van der Waals surface area contributed by atoms with E-state index in [-0.39, 0.29) is 18.0 Å². The number of hydrogen-bond acceptors (Lipinski definition) is 6. The zero-order chi connectivity index (χ0) is 25.0. The highest BCUT2D eigenvalue weighted by atomic mass is 79.9. The Hall–Kier alpha value is -3.13. The van der Waals surface area contributed by atoms with Crippen LogP contribution in [0.2, 0.25) is 0 Å². The summed E-state index contributed by atoms with van der Waals surface area (Å²) in [7, 11) is 1.79. The molecule has 1 aliphatic rings. The summed E-state index contributed by atoms with van der Waals surface area (Å²) in [5.74, 6) is -2.28. The Labute approximate surface area is 200 Å². The molecule has 0 radical (unpaired) electrons. The lowest BCUT2D eigenvalue weighted by Gasteiger charge is -2.29.